The van der Waals surface area contributed by atoms with Gasteiger partial charge in [-0.3, -0.25) is 4.79 Å². The van der Waals surface area contributed by atoms with E-state index in [1.807, 2.05) is 47.4 Å². The van der Waals surface area contributed by atoms with E-state index in [4.69, 9.17) is 15.2 Å². The van der Waals surface area contributed by atoms with Crippen LogP contribution < -0.4 is 20.1 Å². The first-order valence-corrected chi connectivity index (χ1v) is 8.38. The number of rotatable bonds is 2. The molecule has 5 heteroatoms. The summed E-state index contributed by atoms with van der Waals surface area (Å²) in [5, 5.41) is 0. The Hall–Kier alpha value is -2.95. The van der Waals surface area contributed by atoms with Gasteiger partial charge in [-0.25, -0.2) is 0 Å². The Labute approximate surface area is 146 Å². The number of nitrogens with two attached hydrogens (primary N) is 1. The second-order valence-electron chi connectivity index (χ2n) is 6.27. The van der Waals surface area contributed by atoms with Gasteiger partial charge in [0.05, 0.1) is 12.7 Å². The molecule has 0 unspecified atom stereocenters. The van der Waals surface area contributed by atoms with Crippen LogP contribution in [0.15, 0.2) is 42.0 Å². The van der Waals surface area contributed by atoms with Crippen LogP contribution in [0.1, 0.15) is 17.5 Å². The number of amides is 1. The molecule has 0 atom stereocenters. The van der Waals surface area contributed by atoms with E-state index in [0.29, 0.717) is 12.1 Å². The normalized spacial score (nSPS) is 15.6. The molecule has 5 nitrogen and oxygen atoms in total. The molecule has 2 aromatic rings. The minimum Gasteiger partial charge on any atom is -0.497 e. The minimum absolute atomic E-state index is 0.0278. The van der Waals surface area contributed by atoms with Gasteiger partial charge >= 0.3 is 0 Å². The number of fused-ring (bicyclic) bond motifs is 2. The van der Waals surface area contributed by atoms with Crippen molar-refractivity contribution in [3.63, 3.8) is 0 Å². The molecule has 0 fully saturated rings. The number of anilines is 2. The Morgan fingerprint density at radius 1 is 1.28 bits per heavy atom. The number of carbonyl (C=O) groups excluding carboxylic acids is 1. The summed E-state index contributed by atoms with van der Waals surface area (Å²) in [7, 11) is 1.62. The highest BCUT2D eigenvalue weighted by Gasteiger charge is 2.27. The molecule has 2 N–H and O–H groups in total. The van der Waals surface area contributed by atoms with Gasteiger partial charge in [0.15, 0.2) is 0 Å². The second-order valence-corrected chi connectivity index (χ2v) is 6.27. The predicted octanol–water partition coefficient (Wildman–Crippen LogP) is 3.03. The molecular weight excluding hydrogens is 316 g/mol. The Morgan fingerprint density at radius 2 is 2.16 bits per heavy atom. The van der Waals surface area contributed by atoms with Crippen LogP contribution in [0, 0.1) is 0 Å². The fourth-order valence-electron chi connectivity index (χ4n) is 3.44. The Balaban J connectivity index is 1.68. The average Bonchev–Trinajstić information content (AvgIpc) is 2.66. The first kappa shape index (κ1) is 15.6. The Kier molecular flexibility index (Phi) is 3.84. The molecule has 2 aromatic carbocycles. The highest BCUT2D eigenvalue weighted by molar-refractivity contribution is 6.10. The van der Waals surface area contributed by atoms with E-state index in [0.717, 1.165) is 46.8 Å². The summed E-state index contributed by atoms with van der Waals surface area (Å²) in [6.07, 6.45) is 3.71. The van der Waals surface area contributed by atoms with Crippen LogP contribution in [0.2, 0.25) is 0 Å². The van der Waals surface area contributed by atoms with Gasteiger partial charge in [0.2, 0.25) is 0 Å². The molecule has 0 aliphatic carbocycles. The molecule has 0 bridgehead atoms. The van der Waals surface area contributed by atoms with Gasteiger partial charge in [0.1, 0.15) is 18.1 Å². The van der Waals surface area contributed by atoms with Crippen LogP contribution in [0.3, 0.4) is 0 Å². The summed E-state index contributed by atoms with van der Waals surface area (Å²) in [6, 6.07) is 11.3. The smallest absolute Gasteiger partial charge is 0.257 e. The van der Waals surface area contributed by atoms with E-state index in [2.05, 4.69) is 0 Å². The third kappa shape index (κ3) is 2.71. The summed E-state index contributed by atoms with van der Waals surface area (Å²) in [6.45, 7) is 0.962. The molecule has 128 valence electrons. The quantitative estimate of drug-likeness (QED) is 0.856. The van der Waals surface area contributed by atoms with Crippen molar-refractivity contribution in [2.45, 2.75) is 12.8 Å². The number of hydrogen-bond donors (Lipinski definition) is 1. The van der Waals surface area contributed by atoms with Crippen molar-refractivity contribution >= 4 is 23.4 Å². The first-order chi connectivity index (χ1) is 12.2. The summed E-state index contributed by atoms with van der Waals surface area (Å²) < 4.78 is 11.0. The van der Waals surface area contributed by atoms with E-state index in [9.17, 15) is 4.79 Å². The zero-order valence-corrected chi connectivity index (χ0v) is 14.1. The summed E-state index contributed by atoms with van der Waals surface area (Å²) >= 11 is 0. The van der Waals surface area contributed by atoms with Crippen LogP contribution >= 0.6 is 0 Å². The Bertz CT molecular complexity index is 873. The lowest BCUT2D eigenvalue weighted by Crippen LogP contribution is -2.38. The third-order valence-corrected chi connectivity index (χ3v) is 4.74. The molecule has 2 aliphatic rings. The van der Waals surface area contributed by atoms with E-state index in [1.165, 1.54) is 0 Å². The van der Waals surface area contributed by atoms with Gasteiger partial charge in [0, 0.05) is 23.5 Å². The molecule has 0 saturated heterocycles. The summed E-state index contributed by atoms with van der Waals surface area (Å²) in [4.78, 5) is 14.9. The maximum absolute atomic E-state index is 13.1. The summed E-state index contributed by atoms with van der Waals surface area (Å²) in [5.74, 6) is 1.48. The standard InChI is InChI=1S/C20H20N2O3/c1-24-15-7-8-19-13(11-15)10-14(12-25-19)20(23)22-9-3-4-16-17(21)5-2-6-18(16)22/h2,5-8,10-11H,3-4,9,12,21H2,1H3. The van der Waals surface area contributed by atoms with Gasteiger partial charge in [-0.05, 0) is 54.8 Å². The highest BCUT2D eigenvalue weighted by Crippen LogP contribution is 2.34. The monoisotopic (exact) mass is 336 g/mol. The van der Waals surface area contributed by atoms with Crippen molar-refractivity contribution < 1.29 is 14.3 Å². The maximum atomic E-state index is 13.1. The fraction of sp³-hybridized carbons (Fsp3) is 0.250. The van der Waals surface area contributed by atoms with E-state index < -0.39 is 0 Å². The van der Waals surface area contributed by atoms with Gasteiger partial charge in [-0.1, -0.05) is 6.07 Å². The molecule has 0 saturated carbocycles. The maximum Gasteiger partial charge on any atom is 0.257 e. The van der Waals surface area contributed by atoms with Crippen molar-refractivity contribution in [3.8, 4) is 11.5 Å². The number of nitrogen functional groups attached to an aromatic ring is 1. The van der Waals surface area contributed by atoms with E-state index in [-0.39, 0.29) is 12.5 Å². The SMILES string of the molecule is COc1ccc2c(c1)C=C(C(=O)N1CCCc3c(N)cccc31)CO2. The van der Waals surface area contributed by atoms with E-state index in [1.54, 1.807) is 7.11 Å². The molecule has 0 spiro atoms. The number of nitrogens with zero attached hydrogens (tertiary/aromatic N) is 1. The van der Waals surface area contributed by atoms with Crippen molar-refractivity contribution in [2.75, 3.05) is 30.9 Å². The third-order valence-electron chi connectivity index (χ3n) is 4.74. The predicted molar refractivity (Wildman–Crippen MR) is 98.0 cm³/mol. The van der Waals surface area contributed by atoms with Crippen LogP contribution in [0.5, 0.6) is 11.5 Å². The van der Waals surface area contributed by atoms with Crippen LogP contribution in [0.4, 0.5) is 11.4 Å². The highest BCUT2D eigenvalue weighted by atomic mass is 16.5. The number of benzene rings is 2. The first-order valence-electron chi connectivity index (χ1n) is 8.38. The Morgan fingerprint density at radius 3 is 3.00 bits per heavy atom. The molecule has 2 aliphatic heterocycles. The van der Waals surface area contributed by atoms with E-state index >= 15 is 0 Å². The number of carbonyl (C=O) groups is 1. The van der Waals surface area contributed by atoms with Crippen molar-refractivity contribution in [2.24, 2.45) is 0 Å². The van der Waals surface area contributed by atoms with Gasteiger partial charge in [-0.2, -0.15) is 0 Å². The van der Waals surface area contributed by atoms with Crippen molar-refractivity contribution in [1.29, 1.82) is 0 Å². The number of ether oxygens (including phenoxy) is 2. The van der Waals surface area contributed by atoms with Crippen LogP contribution in [-0.4, -0.2) is 26.2 Å². The van der Waals surface area contributed by atoms with Crippen LogP contribution in [-0.2, 0) is 11.2 Å². The largest absolute Gasteiger partial charge is 0.497 e. The zero-order valence-electron chi connectivity index (χ0n) is 14.1. The van der Waals surface area contributed by atoms with Gasteiger partial charge in [0.25, 0.3) is 5.91 Å². The molecule has 0 radical (unpaired) electrons. The molecule has 0 aromatic heterocycles. The topological polar surface area (TPSA) is 64.8 Å². The second kappa shape index (κ2) is 6.16. The lowest BCUT2D eigenvalue weighted by molar-refractivity contribution is -0.115. The molecule has 1 amide bonds. The van der Waals surface area contributed by atoms with Crippen molar-refractivity contribution in [1.82, 2.24) is 0 Å². The zero-order chi connectivity index (χ0) is 17.4. The van der Waals surface area contributed by atoms with Crippen LogP contribution in [0.25, 0.3) is 6.08 Å². The molecular formula is C20H20N2O3. The molecule has 2 heterocycles. The van der Waals surface area contributed by atoms with Gasteiger partial charge < -0.3 is 20.1 Å². The lowest BCUT2D eigenvalue weighted by Gasteiger charge is -2.31. The number of methoxy groups -OCH3 is 1. The van der Waals surface area contributed by atoms with Gasteiger partial charge in [-0.15, -0.1) is 0 Å². The fourth-order valence-corrected chi connectivity index (χ4v) is 3.44. The molecule has 25 heavy (non-hydrogen) atoms. The average molecular weight is 336 g/mol. The van der Waals surface area contributed by atoms with Crippen molar-refractivity contribution in [3.05, 3.63) is 53.1 Å². The number of hydrogen-bond acceptors (Lipinski definition) is 4. The molecule has 4 rings (SSSR count). The summed E-state index contributed by atoms with van der Waals surface area (Å²) in [5.41, 5.74) is 10.3. The lowest BCUT2D eigenvalue weighted by atomic mass is 9.98. The minimum atomic E-state index is -0.0278.